The number of amides is 2. The summed E-state index contributed by atoms with van der Waals surface area (Å²) in [5.74, 6) is -0.563. The number of carbonyl (C=O) groups excluding carboxylic acids is 1. The minimum Gasteiger partial charge on any atom is -0.378 e. The number of carbonyl (C=O) groups is 1. The van der Waals surface area contributed by atoms with Crippen molar-refractivity contribution >= 4 is 49.7 Å². The van der Waals surface area contributed by atoms with Crippen molar-refractivity contribution in [2.24, 2.45) is 0 Å². The molecule has 5 rings (SSSR count). The maximum Gasteiger partial charge on any atom is 0.323 e. The standard InChI is InChI=1S/C26H26FN7O4S2/c1-2-40(36,37)18-6-4-17(5-7-18)30-25(35)32-21-15-16(3-8-19(21)27)23-22(20-9-10-29-24(28)31-20)33-26(39-23)34-11-13-38-14-12-34/h3-10,15H,2,11-14H2,1H3,(H2,28,29,31)(H2,30,32,35). The first kappa shape index (κ1) is 27.4. The SMILES string of the molecule is CCS(=O)(=O)c1ccc(NC(=O)Nc2cc(-c3sc(N4CCOCC4)nc3-c3ccnc(N)n3)ccc2F)cc1. The number of hydrogen-bond acceptors (Lipinski definition) is 10. The van der Waals surface area contributed by atoms with Crippen LogP contribution in [0.3, 0.4) is 0 Å². The number of halogens is 1. The highest BCUT2D eigenvalue weighted by atomic mass is 32.2. The van der Waals surface area contributed by atoms with Gasteiger partial charge >= 0.3 is 6.03 Å². The van der Waals surface area contributed by atoms with Crippen molar-refractivity contribution in [2.45, 2.75) is 11.8 Å². The van der Waals surface area contributed by atoms with Gasteiger partial charge in [0.05, 0.1) is 40.1 Å². The van der Waals surface area contributed by atoms with E-state index in [1.807, 2.05) is 0 Å². The van der Waals surface area contributed by atoms with E-state index in [1.165, 1.54) is 47.7 Å². The number of morpholine rings is 1. The van der Waals surface area contributed by atoms with Crippen LogP contribution in [-0.2, 0) is 14.6 Å². The number of nitrogen functional groups attached to an aromatic ring is 1. The highest BCUT2D eigenvalue weighted by molar-refractivity contribution is 7.91. The molecule has 14 heteroatoms. The molecule has 0 bridgehead atoms. The van der Waals surface area contributed by atoms with Crippen molar-refractivity contribution in [3.05, 3.63) is 60.5 Å². The second-order valence-electron chi connectivity index (χ2n) is 8.78. The van der Waals surface area contributed by atoms with Gasteiger partial charge in [-0.05, 0) is 48.0 Å². The molecule has 0 aliphatic carbocycles. The quantitative estimate of drug-likeness (QED) is 0.290. The molecule has 2 amide bonds. The second kappa shape index (κ2) is 11.5. The van der Waals surface area contributed by atoms with Crippen LogP contribution in [0, 0.1) is 5.82 Å². The van der Waals surface area contributed by atoms with E-state index in [9.17, 15) is 17.6 Å². The number of urea groups is 1. The van der Waals surface area contributed by atoms with Gasteiger partial charge in [0, 0.05) is 25.0 Å². The Morgan fingerprint density at radius 2 is 1.85 bits per heavy atom. The van der Waals surface area contributed by atoms with E-state index < -0.39 is 21.7 Å². The molecule has 0 atom stereocenters. The van der Waals surface area contributed by atoms with E-state index in [2.05, 4.69) is 25.5 Å². The fraction of sp³-hybridized carbons (Fsp3) is 0.231. The predicted octanol–water partition coefficient (Wildman–Crippen LogP) is 4.26. The van der Waals surface area contributed by atoms with Gasteiger partial charge in [-0.2, -0.15) is 0 Å². The maximum absolute atomic E-state index is 14.8. The van der Waals surface area contributed by atoms with Gasteiger partial charge in [0.25, 0.3) is 0 Å². The van der Waals surface area contributed by atoms with Gasteiger partial charge in [0.2, 0.25) is 5.95 Å². The monoisotopic (exact) mass is 583 g/mol. The molecule has 0 saturated carbocycles. The van der Waals surface area contributed by atoms with Gasteiger partial charge in [0.15, 0.2) is 15.0 Å². The van der Waals surface area contributed by atoms with E-state index in [0.29, 0.717) is 48.9 Å². The van der Waals surface area contributed by atoms with Crippen LogP contribution in [0.4, 0.5) is 31.6 Å². The molecular formula is C26H26FN7O4S2. The highest BCUT2D eigenvalue weighted by Gasteiger charge is 2.22. The van der Waals surface area contributed by atoms with Crippen molar-refractivity contribution in [3.8, 4) is 21.8 Å². The first-order valence-corrected chi connectivity index (χ1v) is 14.8. The van der Waals surface area contributed by atoms with Gasteiger partial charge in [-0.15, -0.1) is 0 Å². The van der Waals surface area contributed by atoms with Crippen LogP contribution in [0.5, 0.6) is 0 Å². The normalized spacial score (nSPS) is 13.7. The van der Waals surface area contributed by atoms with E-state index in [-0.39, 0.29) is 22.3 Å². The molecule has 0 spiro atoms. The molecule has 4 N–H and O–H groups in total. The Morgan fingerprint density at radius 1 is 1.10 bits per heavy atom. The van der Waals surface area contributed by atoms with E-state index in [0.717, 1.165) is 10.0 Å². The average Bonchev–Trinajstić information content (AvgIpc) is 3.41. The lowest BCUT2D eigenvalue weighted by atomic mass is 10.1. The van der Waals surface area contributed by atoms with Crippen LogP contribution >= 0.6 is 11.3 Å². The van der Waals surface area contributed by atoms with Crippen molar-refractivity contribution < 1.29 is 22.3 Å². The fourth-order valence-corrected chi connectivity index (χ4v) is 6.04. The smallest absolute Gasteiger partial charge is 0.323 e. The van der Waals surface area contributed by atoms with Gasteiger partial charge < -0.3 is 26.0 Å². The van der Waals surface area contributed by atoms with Crippen LogP contribution in [0.2, 0.25) is 0 Å². The minimum atomic E-state index is -3.37. The van der Waals surface area contributed by atoms with Crippen molar-refractivity contribution in [1.82, 2.24) is 15.0 Å². The lowest BCUT2D eigenvalue weighted by Crippen LogP contribution is -2.36. The van der Waals surface area contributed by atoms with Crippen molar-refractivity contribution in [2.75, 3.05) is 53.3 Å². The molecule has 3 heterocycles. The van der Waals surface area contributed by atoms with Gasteiger partial charge in [-0.25, -0.2) is 32.6 Å². The van der Waals surface area contributed by atoms with Crippen LogP contribution < -0.4 is 21.3 Å². The summed E-state index contributed by atoms with van der Waals surface area (Å²) < 4.78 is 44.3. The lowest BCUT2D eigenvalue weighted by Gasteiger charge is -2.26. The topological polar surface area (TPSA) is 152 Å². The summed E-state index contributed by atoms with van der Waals surface area (Å²) in [5, 5.41) is 5.89. The minimum absolute atomic E-state index is 0.0318. The summed E-state index contributed by atoms with van der Waals surface area (Å²) in [4.78, 5) is 28.8. The average molecular weight is 584 g/mol. The number of benzene rings is 2. The number of nitrogens with one attached hydrogen (secondary N) is 2. The lowest BCUT2D eigenvalue weighted by molar-refractivity contribution is 0.122. The molecule has 2 aromatic heterocycles. The molecule has 1 saturated heterocycles. The molecule has 40 heavy (non-hydrogen) atoms. The van der Waals surface area contributed by atoms with Crippen LogP contribution in [0.15, 0.2) is 59.6 Å². The molecule has 0 radical (unpaired) electrons. The molecule has 208 valence electrons. The summed E-state index contributed by atoms with van der Waals surface area (Å²) in [5.41, 5.74) is 7.83. The Labute approximate surface area is 234 Å². The number of anilines is 4. The summed E-state index contributed by atoms with van der Waals surface area (Å²) >= 11 is 1.42. The Kier molecular flexibility index (Phi) is 7.91. The number of nitrogens with two attached hydrogens (primary N) is 1. The second-order valence-corrected chi connectivity index (χ2v) is 12.0. The Bertz CT molecular complexity index is 1640. The summed E-state index contributed by atoms with van der Waals surface area (Å²) in [6.07, 6.45) is 1.54. The molecule has 1 aliphatic rings. The van der Waals surface area contributed by atoms with Crippen LogP contribution in [-0.4, -0.2) is 61.5 Å². The van der Waals surface area contributed by atoms with E-state index in [1.54, 1.807) is 25.3 Å². The largest absolute Gasteiger partial charge is 0.378 e. The summed E-state index contributed by atoms with van der Waals surface area (Å²) in [6.45, 7) is 4.09. The van der Waals surface area contributed by atoms with E-state index >= 15 is 0 Å². The highest BCUT2D eigenvalue weighted by Crippen LogP contribution is 2.41. The molecular weight excluding hydrogens is 557 g/mol. The Balaban J connectivity index is 1.42. The van der Waals surface area contributed by atoms with Crippen molar-refractivity contribution in [3.63, 3.8) is 0 Å². The third-order valence-corrected chi connectivity index (χ3v) is 9.06. The zero-order valence-corrected chi connectivity index (χ0v) is 23.1. The molecule has 2 aromatic carbocycles. The molecule has 4 aromatic rings. The fourth-order valence-electron chi connectivity index (χ4n) is 4.03. The number of sulfone groups is 1. The van der Waals surface area contributed by atoms with Gasteiger partial charge in [0.1, 0.15) is 11.5 Å². The zero-order valence-electron chi connectivity index (χ0n) is 21.4. The number of ether oxygens (including phenoxy) is 1. The van der Waals surface area contributed by atoms with E-state index in [4.69, 9.17) is 15.5 Å². The number of nitrogens with zero attached hydrogens (tertiary/aromatic N) is 4. The summed E-state index contributed by atoms with van der Waals surface area (Å²) in [6, 6.07) is 11.2. The molecule has 1 aliphatic heterocycles. The number of thiazole rings is 1. The van der Waals surface area contributed by atoms with Crippen LogP contribution in [0.1, 0.15) is 6.92 Å². The predicted molar refractivity (Wildman–Crippen MR) is 153 cm³/mol. The van der Waals surface area contributed by atoms with Crippen molar-refractivity contribution in [1.29, 1.82) is 0 Å². The zero-order chi connectivity index (χ0) is 28.3. The first-order chi connectivity index (χ1) is 19.2. The maximum atomic E-state index is 14.8. The number of rotatable bonds is 7. The third kappa shape index (κ3) is 6.03. The number of aromatic nitrogens is 3. The Hall–Kier alpha value is -4.14. The first-order valence-electron chi connectivity index (χ1n) is 12.4. The van der Waals surface area contributed by atoms with Gasteiger partial charge in [-0.1, -0.05) is 24.3 Å². The third-order valence-electron chi connectivity index (χ3n) is 6.14. The van der Waals surface area contributed by atoms with Gasteiger partial charge in [-0.3, -0.25) is 0 Å². The molecule has 1 fully saturated rings. The molecule has 0 unspecified atom stereocenters. The number of hydrogen-bond donors (Lipinski definition) is 3. The van der Waals surface area contributed by atoms with Crippen LogP contribution in [0.25, 0.3) is 21.8 Å². The Morgan fingerprint density at radius 3 is 2.55 bits per heavy atom. The molecule has 11 nitrogen and oxygen atoms in total. The summed E-state index contributed by atoms with van der Waals surface area (Å²) in [7, 11) is -3.37.